The van der Waals surface area contributed by atoms with Crippen molar-refractivity contribution in [2.45, 2.75) is 18.6 Å². The number of nitriles is 1. The molecule has 0 amide bonds. The monoisotopic (exact) mass is 297 g/mol. The second kappa shape index (κ2) is 5.29. The van der Waals surface area contributed by atoms with Crippen molar-refractivity contribution in [3.05, 3.63) is 48.0 Å². The molecule has 3 rings (SSSR count). The average Bonchev–Trinajstić information content (AvgIpc) is 3.18. The van der Waals surface area contributed by atoms with Crippen LogP contribution in [0.2, 0.25) is 0 Å². The lowest BCUT2D eigenvalue weighted by molar-refractivity contribution is -0.164. The highest BCUT2D eigenvalue weighted by atomic mass is 16.7. The Balaban J connectivity index is 1.86. The summed E-state index contributed by atoms with van der Waals surface area (Å²) in [6.07, 6.45) is 2.82. The van der Waals surface area contributed by atoms with Gasteiger partial charge < -0.3 is 9.94 Å². The second-order valence-electron chi connectivity index (χ2n) is 4.89. The van der Waals surface area contributed by atoms with Crippen molar-refractivity contribution in [2.24, 2.45) is 5.16 Å². The fourth-order valence-electron chi connectivity index (χ4n) is 2.24. The maximum atomic E-state index is 11.6. The van der Waals surface area contributed by atoms with Crippen molar-refractivity contribution < 1.29 is 14.7 Å². The molecular weight excluding hydrogens is 286 g/mol. The van der Waals surface area contributed by atoms with Crippen LogP contribution < -0.4 is 0 Å². The Kier molecular flexibility index (Phi) is 3.31. The van der Waals surface area contributed by atoms with Crippen LogP contribution in [0.25, 0.3) is 0 Å². The predicted molar refractivity (Wildman–Crippen MR) is 73.8 cm³/mol. The van der Waals surface area contributed by atoms with Gasteiger partial charge in [0.2, 0.25) is 0 Å². The highest BCUT2D eigenvalue weighted by Gasteiger charge is 2.48. The fourth-order valence-corrected chi connectivity index (χ4v) is 2.24. The third-order valence-electron chi connectivity index (χ3n) is 3.38. The largest absolute Gasteiger partial charge is 0.478 e. The number of carboxylic acid groups (broad SMARTS) is 1. The molecule has 0 spiro atoms. The zero-order chi connectivity index (χ0) is 15.6. The molecule has 2 heterocycles. The number of aromatic nitrogens is 3. The van der Waals surface area contributed by atoms with Crippen LogP contribution in [0, 0.1) is 11.3 Å². The summed E-state index contributed by atoms with van der Waals surface area (Å²) in [6, 6.07) is 8.83. The summed E-state index contributed by atoms with van der Waals surface area (Å²) in [7, 11) is 0. The molecule has 1 unspecified atom stereocenters. The topological polar surface area (TPSA) is 113 Å². The van der Waals surface area contributed by atoms with E-state index in [9.17, 15) is 9.90 Å². The van der Waals surface area contributed by atoms with Crippen molar-refractivity contribution in [3.8, 4) is 6.07 Å². The summed E-state index contributed by atoms with van der Waals surface area (Å²) in [4.78, 5) is 20.7. The molecule has 1 atom stereocenters. The molecule has 110 valence electrons. The van der Waals surface area contributed by atoms with Crippen LogP contribution in [-0.4, -0.2) is 37.2 Å². The molecule has 0 saturated carbocycles. The number of hydrogen-bond donors (Lipinski definition) is 1. The number of oxime groups is 1. The van der Waals surface area contributed by atoms with E-state index >= 15 is 0 Å². The van der Waals surface area contributed by atoms with Crippen molar-refractivity contribution >= 4 is 11.7 Å². The molecule has 1 aromatic heterocycles. The van der Waals surface area contributed by atoms with Gasteiger partial charge in [-0.2, -0.15) is 10.4 Å². The van der Waals surface area contributed by atoms with Gasteiger partial charge in [0.15, 0.2) is 0 Å². The lowest BCUT2D eigenvalue weighted by atomic mass is 9.93. The number of carbonyl (C=O) groups is 1. The van der Waals surface area contributed by atoms with Crippen molar-refractivity contribution in [2.75, 3.05) is 0 Å². The number of benzene rings is 1. The zero-order valence-electron chi connectivity index (χ0n) is 11.4. The van der Waals surface area contributed by atoms with Gasteiger partial charge in [0.1, 0.15) is 12.7 Å². The molecule has 0 fully saturated rings. The Bertz CT molecular complexity index is 778. The number of carboxylic acids is 1. The van der Waals surface area contributed by atoms with Gasteiger partial charge in [0.25, 0.3) is 5.60 Å². The predicted octanol–water partition coefficient (Wildman–Crippen LogP) is 0.798. The first-order valence-corrected chi connectivity index (χ1v) is 6.44. The van der Waals surface area contributed by atoms with Crippen LogP contribution >= 0.6 is 0 Å². The number of aliphatic carboxylic acids is 1. The number of rotatable bonds is 4. The van der Waals surface area contributed by atoms with E-state index in [2.05, 4.69) is 15.2 Å². The molecular formula is C14H11N5O3. The van der Waals surface area contributed by atoms with Gasteiger partial charge in [0, 0.05) is 12.0 Å². The molecule has 0 aliphatic carbocycles. The van der Waals surface area contributed by atoms with Crippen molar-refractivity contribution in [3.63, 3.8) is 0 Å². The minimum Gasteiger partial charge on any atom is -0.478 e. The maximum absolute atomic E-state index is 11.6. The van der Waals surface area contributed by atoms with Gasteiger partial charge in [-0.25, -0.2) is 14.5 Å². The van der Waals surface area contributed by atoms with E-state index in [4.69, 9.17) is 10.1 Å². The second-order valence-corrected chi connectivity index (χ2v) is 4.89. The smallest absolute Gasteiger partial charge is 0.353 e. The van der Waals surface area contributed by atoms with Crippen LogP contribution in [0.15, 0.2) is 42.1 Å². The van der Waals surface area contributed by atoms with Gasteiger partial charge in [0.05, 0.1) is 23.9 Å². The third kappa shape index (κ3) is 2.40. The van der Waals surface area contributed by atoms with E-state index in [-0.39, 0.29) is 13.0 Å². The normalized spacial score (nSPS) is 20.0. The Morgan fingerprint density at radius 1 is 1.55 bits per heavy atom. The lowest BCUT2D eigenvalue weighted by Gasteiger charge is -2.21. The van der Waals surface area contributed by atoms with E-state index < -0.39 is 11.6 Å². The van der Waals surface area contributed by atoms with E-state index in [0.29, 0.717) is 16.8 Å². The lowest BCUT2D eigenvalue weighted by Crippen LogP contribution is -2.43. The van der Waals surface area contributed by atoms with Crippen molar-refractivity contribution in [1.82, 2.24) is 14.8 Å². The Labute approximate surface area is 125 Å². The molecule has 1 aliphatic heterocycles. The van der Waals surface area contributed by atoms with Gasteiger partial charge in [-0.05, 0) is 12.1 Å². The Hall–Kier alpha value is -3.21. The molecule has 22 heavy (non-hydrogen) atoms. The SMILES string of the molecule is N#Cc1cccc(C2=NOC(Cn3cncn3)(C(=O)O)C2)c1. The summed E-state index contributed by atoms with van der Waals surface area (Å²) in [5, 5.41) is 26.3. The van der Waals surface area contributed by atoms with Gasteiger partial charge in [-0.1, -0.05) is 17.3 Å². The molecule has 2 aromatic rings. The summed E-state index contributed by atoms with van der Waals surface area (Å²) in [5.41, 5.74) is 0.107. The first-order chi connectivity index (χ1) is 10.6. The van der Waals surface area contributed by atoms with E-state index in [1.165, 1.54) is 17.3 Å². The molecule has 1 N–H and O–H groups in total. The summed E-state index contributed by atoms with van der Waals surface area (Å²) < 4.78 is 1.39. The van der Waals surface area contributed by atoms with Crippen LogP contribution in [0.4, 0.5) is 0 Å². The van der Waals surface area contributed by atoms with E-state index in [0.717, 1.165) is 0 Å². The van der Waals surface area contributed by atoms with E-state index in [1.807, 2.05) is 6.07 Å². The molecule has 0 saturated heterocycles. The summed E-state index contributed by atoms with van der Waals surface area (Å²) in [6.45, 7) is -0.00667. The molecule has 8 nitrogen and oxygen atoms in total. The highest BCUT2D eigenvalue weighted by Crippen LogP contribution is 2.29. The third-order valence-corrected chi connectivity index (χ3v) is 3.38. The van der Waals surface area contributed by atoms with Gasteiger partial charge in [-0.15, -0.1) is 0 Å². The fraction of sp³-hybridized carbons (Fsp3) is 0.214. The van der Waals surface area contributed by atoms with Crippen LogP contribution in [-0.2, 0) is 16.2 Å². The summed E-state index contributed by atoms with van der Waals surface area (Å²) >= 11 is 0. The quantitative estimate of drug-likeness (QED) is 0.892. The standard InChI is InChI=1S/C14H11N5O3/c15-6-10-2-1-3-11(4-10)12-5-14(13(20)21,22-18-12)7-19-9-16-8-17-19/h1-4,8-9H,5,7H2,(H,20,21). The molecule has 8 heteroatoms. The summed E-state index contributed by atoms with van der Waals surface area (Å²) in [5.74, 6) is -1.13. The number of hydrogen-bond acceptors (Lipinski definition) is 6. The van der Waals surface area contributed by atoms with Crippen LogP contribution in [0.1, 0.15) is 17.5 Å². The Morgan fingerprint density at radius 3 is 3.09 bits per heavy atom. The minimum atomic E-state index is -1.52. The maximum Gasteiger partial charge on any atom is 0.353 e. The van der Waals surface area contributed by atoms with E-state index in [1.54, 1.807) is 24.3 Å². The highest BCUT2D eigenvalue weighted by molar-refractivity contribution is 6.04. The van der Waals surface area contributed by atoms with Gasteiger partial charge in [-0.3, -0.25) is 0 Å². The minimum absolute atomic E-state index is 0.00667. The molecule has 1 aliphatic rings. The molecule has 0 radical (unpaired) electrons. The average molecular weight is 297 g/mol. The van der Waals surface area contributed by atoms with Gasteiger partial charge >= 0.3 is 5.97 Å². The molecule has 1 aromatic carbocycles. The molecule has 0 bridgehead atoms. The first-order valence-electron chi connectivity index (χ1n) is 6.44. The number of nitrogens with zero attached hydrogens (tertiary/aromatic N) is 5. The van der Waals surface area contributed by atoms with Crippen LogP contribution in [0.3, 0.4) is 0 Å². The zero-order valence-corrected chi connectivity index (χ0v) is 11.4. The Morgan fingerprint density at radius 2 is 2.41 bits per heavy atom. The van der Waals surface area contributed by atoms with Crippen molar-refractivity contribution in [1.29, 1.82) is 5.26 Å². The first kappa shape index (κ1) is 13.8. The van der Waals surface area contributed by atoms with Crippen LogP contribution in [0.5, 0.6) is 0 Å².